The van der Waals surface area contributed by atoms with Gasteiger partial charge in [0.15, 0.2) is 0 Å². The molecule has 7 heteroatoms. The van der Waals surface area contributed by atoms with E-state index in [4.69, 9.17) is 4.74 Å². The summed E-state index contributed by atoms with van der Waals surface area (Å²) in [4.78, 5) is 27.5. The van der Waals surface area contributed by atoms with Crippen molar-refractivity contribution in [3.63, 3.8) is 0 Å². The number of H-pyrrole nitrogens is 1. The molecular weight excluding hydrogens is 378 g/mol. The summed E-state index contributed by atoms with van der Waals surface area (Å²) in [5.74, 6) is 2.02. The van der Waals surface area contributed by atoms with E-state index >= 15 is 0 Å². The van der Waals surface area contributed by atoms with Crippen molar-refractivity contribution in [2.45, 2.75) is 32.2 Å². The van der Waals surface area contributed by atoms with Crippen LogP contribution in [0.1, 0.15) is 37.8 Å². The van der Waals surface area contributed by atoms with Crippen LogP contribution in [0.4, 0.5) is 5.82 Å². The zero-order chi connectivity index (χ0) is 20.7. The second kappa shape index (κ2) is 7.31. The van der Waals surface area contributed by atoms with Gasteiger partial charge in [-0.3, -0.25) is 4.79 Å². The molecule has 1 saturated heterocycles. The summed E-state index contributed by atoms with van der Waals surface area (Å²) in [5, 5.41) is 4.30. The smallest absolute Gasteiger partial charge is 0.224 e. The SMILES string of the molecule is COc1ccc(C(C)NC(=O)C2CCN(c3ncnc4[nH]ccc34)CC23CC3)cc1. The van der Waals surface area contributed by atoms with E-state index in [0.717, 1.165) is 60.5 Å². The fourth-order valence-corrected chi connectivity index (χ4v) is 4.82. The summed E-state index contributed by atoms with van der Waals surface area (Å²) in [6.07, 6.45) is 6.55. The lowest BCUT2D eigenvalue weighted by molar-refractivity contribution is -0.128. The minimum atomic E-state index is -0.0291. The number of anilines is 1. The summed E-state index contributed by atoms with van der Waals surface area (Å²) in [6, 6.07) is 9.88. The van der Waals surface area contributed by atoms with E-state index in [-0.39, 0.29) is 23.3 Å². The molecule has 30 heavy (non-hydrogen) atoms. The first-order valence-corrected chi connectivity index (χ1v) is 10.6. The number of rotatable bonds is 5. The molecule has 3 aromatic rings. The molecule has 2 fully saturated rings. The summed E-state index contributed by atoms with van der Waals surface area (Å²) in [6.45, 7) is 3.74. The van der Waals surface area contributed by atoms with Crippen LogP contribution in [0.2, 0.25) is 0 Å². The van der Waals surface area contributed by atoms with Gasteiger partial charge in [0.2, 0.25) is 5.91 Å². The van der Waals surface area contributed by atoms with Gasteiger partial charge in [-0.05, 0) is 55.4 Å². The third-order valence-electron chi connectivity index (χ3n) is 6.75. The number of carbonyl (C=O) groups is 1. The fourth-order valence-electron chi connectivity index (χ4n) is 4.82. The van der Waals surface area contributed by atoms with Gasteiger partial charge < -0.3 is 19.9 Å². The molecule has 2 unspecified atom stereocenters. The molecule has 1 amide bonds. The number of ether oxygens (including phenoxy) is 1. The minimum absolute atomic E-state index is 0.0291. The Bertz CT molecular complexity index is 1060. The highest BCUT2D eigenvalue weighted by Crippen LogP contribution is 2.56. The number of amides is 1. The van der Waals surface area contributed by atoms with E-state index in [2.05, 4.69) is 25.2 Å². The number of hydrogen-bond donors (Lipinski definition) is 2. The molecule has 2 aromatic heterocycles. The molecule has 156 valence electrons. The van der Waals surface area contributed by atoms with Gasteiger partial charge in [0.1, 0.15) is 23.5 Å². The number of nitrogens with one attached hydrogen (secondary N) is 2. The molecule has 2 N–H and O–H groups in total. The number of methoxy groups -OCH3 is 1. The van der Waals surface area contributed by atoms with Crippen LogP contribution in [0.15, 0.2) is 42.9 Å². The Morgan fingerprint density at radius 2 is 2.07 bits per heavy atom. The van der Waals surface area contributed by atoms with E-state index in [0.29, 0.717) is 0 Å². The van der Waals surface area contributed by atoms with Gasteiger partial charge in [0.25, 0.3) is 0 Å². The Kier molecular flexibility index (Phi) is 4.60. The first-order valence-electron chi connectivity index (χ1n) is 10.6. The van der Waals surface area contributed by atoms with Gasteiger partial charge in [-0.2, -0.15) is 0 Å². The first kappa shape index (κ1) is 18.9. The van der Waals surface area contributed by atoms with Crippen molar-refractivity contribution in [3.05, 3.63) is 48.4 Å². The molecule has 0 radical (unpaired) electrons. The number of aromatic amines is 1. The zero-order valence-corrected chi connectivity index (χ0v) is 17.4. The Morgan fingerprint density at radius 3 is 2.80 bits per heavy atom. The number of benzene rings is 1. The topological polar surface area (TPSA) is 83.1 Å². The molecule has 1 aromatic carbocycles. The van der Waals surface area contributed by atoms with Gasteiger partial charge in [0, 0.05) is 25.2 Å². The molecule has 1 saturated carbocycles. The number of fused-ring (bicyclic) bond motifs is 1. The number of nitrogens with zero attached hydrogens (tertiary/aromatic N) is 3. The Morgan fingerprint density at radius 1 is 1.27 bits per heavy atom. The molecule has 1 aliphatic carbocycles. The lowest BCUT2D eigenvalue weighted by Gasteiger charge is -2.39. The molecule has 1 spiro atoms. The standard InChI is InChI=1S/C23H27N5O2/c1-15(16-3-5-17(30-2)6-4-16)27-22(29)19-8-12-28(13-23(19)9-10-23)21-18-7-11-24-20(18)25-14-26-21/h3-7,11,14-15,19H,8-10,12-13H2,1-2H3,(H,27,29)(H,24,25,26). The Balaban J connectivity index is 1.28. The van der Waals surface area contributed by atoms with Crippen LogP contribution in [0.3, 0.4) is 0 Å². The van der Waals surface area contributed by atoms with E-state index in [9.17, 15) is 4.79 Å². The predicted molar refractivity (Wildman–Crippen MR) is 115 cm³/mol. The third kappa shape index (κ3) is 3.28. The van der Waals surface area contributed by atoms with Crippen LogP contribution in [0, 0.1) is 11.3 Å². The Hall–Kier alpha value is -3.09. The van der Waals surface area contributed by atoms with E-state index in [1.54, 1.807) is 13.4 Å². The monoisotopic (exact) mass is 405 g/mol. The highest BCUT2D eigenvalue weighted by Gasteiger charge is 2.55. The zero-order valence-electron chi connectivity index (χ0n) is 17.4. The van der Waals surface area contributed by atoms with Gasteiger partial charge in [0.05, 0.1) is 18.5 Å². The second-order valence-corrected chi connectivity index (χ2v) is 8.57. The second-order valence-electron chi connectivity index (χ2n) is 8.57. The molecule has 2 atom stereocenters. The van der Waals surface area contributed by atoms with Crippen molar-refractivity contribution < 1.29 is 9.53 Å². The molecule has 2 aliphatic rings. The van der Waals surface area contributed by atoms with Crippen molar-refractivity contribution in [1.29, 1.82) is 0 Å². The van der Waals surface area contributed by atoms with Crippen molar-refractivity contribution in [3.8, 4) is 5.75 Å². The average molecular weight is 406 g/mol. The molecule has 1 aliphatic heterocycles. The van der Waals surface area contributed by atoms with E-state index < -0.39 is 0 Å². The van der Waals surface area contributed by atoms with Crippen LogP contribution in [0.25, 0.3) is 11.0 Å². The maximum absolute atomic E-state index is 13.2. The number of aromatic nitrogens is 3. The third-order valence-corrected chi connectivity index (χ3v) is 6.75. The van der Waals surface area contributed by atoms with Crippen molar-refractivity contribution in [2.75, 3.05) is 25.1 Å². The van der Waals surface area contributed by atoms with Crippen LogP contribution in [0.5, 0.6) is 5.75 Å². The summed E-state index contributed by atoms with van der Waals surface area (Å²) in [7, 11) is 1.66. The van der Waals surface area contributed by atoms with Gasteiger partial charge in [-0.15, -0.1) is 0 Å². The summed E-state index contributed by atoms with van der Waals surface area (Å²) in [5.41, 5.74) is 2.01. The molecular formula is C23H27N5O2. The van der Waals surface area contributed by atoms with Gasteiger partial charge in [-0.1, -0.05) is 12.1 Å². The van der Waals surface area contributed by atoms with Crippen LogP contribution < -0.4 is 15.0 Å². The predicted octanol–water partition coefficient (Wildman–Crippen LogP) is 3.45. The minimum Gasteiger partial charge on any atom is -0.497 e. The molecule has 0 bridgehead atoms. The lowest BCUT2D eigenvalue weighted by atomic mass is 9.81. The lowest BCUT2D eigenvalue weighted by Crippen LogP contribution is -2.48. The number of carbonyl (C=O) groups excluding carboxylic acids is 1. The van der Waals surface area contributed by atoms with E-state index in [1.807, 2.05) is 43.5 Å². The van der Waals surface area contributed by atoms with Gasteiger partial charge in [-0.25, -0.2) is 9.97 Å². The van der Waals surface area contributed by atoms with Gasteiger partial charge >= 0.3 is 0 Å². The highest BCUT2D eigenvalue weighted by atomic mass is 16.5. The molecule has 7 nitrogen and oxygen atoms in total. The van der Waals surface area contributed by atoms with E-state index in [1.165, 1.54) is 0 Å². The van der Waals surface area contributed by atoms with Crippen molar-refractivity contribution >= 4 is 22.8 Å². The quantitative estimate of drug-likeness (QED) is 0.679. The maximum Gasteiger partial charge on any atom is 0.224 e. The molecule has 5 rings (SSSR count). The van der Waals surface area contributed by atoms with Crippen molar-refractivity contribution in [2.24, 2.45) is 11.3 Å². The average Bonchev–Trinajstić information content (AvgIpc) is 3.34. The highest BCUT2D eigenvalue weighted by molar-refractivity contribution is 5.88. The maximum atomic E-state index is 13.2. The normalized spacial score (nSPS) is 20.9. The van der Waals surface area contributed by atoms with Crippen LogP contribution in [-0.2, 0) is 4.79 Å². The fraction of sp³-hybridized carbons (Fsp3) is 0.435. The van der Waals surface area contributed by atoms with Crippen LogP contribution >= 0.6 is 0 Å². The summed E-state index contributed by atoms with van der Waals surface area (Å²) >= 11 is 0. The summed E-state index contributed by atoms with van der Waals surface area (Å²) < 4.78 is 5.23. The van der Waals surface area contributed by atoms with Crippen molar-refractivity contribution in [1.82, 2.24) is 20.3 Å². The first-order chi connectivity index (χ1) is 14.6. The number of hydrogen-bond acceptors (Lipinski definition) is 5. The largest absolute Gasteiger partial charge is 0.497 e. The number of piperidine rings is 1. The van der Waals surface area contributed by atoms with Crippen LogP contribution in [-0.4, -0.2) is 41.1 Å². The Labute approximate surface area is 175 Å². The molecule has 3 heterocycles.